The lowest BCUT2D eigenvalue weighted by atomic mass is 9.61. The van der Waals surface area contributed by atoms with Crippen LogP contribution in [0.15, 0.2) is 42.5 Å². The fourth-order valence-corrected chi connectivity index (χ4v) is 7.51. The fraction of sp³-hybridized carbons (Fsp3) is 0.545. The van der Waals surface area contributed by atoms with Crippen LogP contribution in [0.2, 0.25) is 0 Å². The molecule has 0 aromatic heterocycles. The van der Waals surface area contributed by atoms with Crippen molar-refractivity contribution in [3.63, 3.8) is 0 Å². The predicted octanol–water partition coefficient (Wildman–Crippen LogP) is 5.21. The second kappa shape index (κ2) is 5.25. The molecule has 4 heterocycles. The van der Waals surface area contributed by atoms with E-state index in [1.54, 1.807) is 16.7 Å². The van der Waals surface area contributed by atoms with Gasteiger partial charge in [-0.1, -0.05) is 42.5 Å². The number of fused-ring (bicyclic) bond motifs is 4. The number of allylic oxidation sites excluding steroid dienone is 3. The highest BCUT2D eigenvalue weighted by atomic mass is 32.2. The molecule has 4 bridgehead atoms. The number of hydrogen-bond acceptors (Lipinski definition) is 2. The van der Waals surface area contributed by atoms with Crippen LogP contribution in [-0.4, -0.2) is 18.5 Å². The van der Waals surface area contributed by atoms with Crippen molar-refractivity contribution in [3.8, 4) is 0 Å². The zero-order valence-corrected chi connectivity index (χ0v) is 14.8. The van der Waals surface area contributed by atoms with E-state index in [9.17, 15) is 0 Å². The van der Waals surface area contributed by atoms with Gasteiger partial charge in [0.2, 0.25) is 0 Å². The van der Waals surface area contributed by atoms with Crippen molar-refractivity contribution in [2.75, 3.05) is 12.4 Å². The molecule has 0 radical (unpaired) electrons. The molecule has 1 saturated carbocycles. The van der Waals surface area contributed by atoms with Crippen molar-refractivity contribution < 1.29 is 4.74 Å². The zero-order valence-electron chi connectivity index (χ0n) is 13.9. The maximum Gasteiger partial charge on any atom is 0.0712 e. The van der Waals surface area contributed by atoms with E-state index in [1.165, 1.54) is 25.0 Å². The summed E-state index contributed by atoms with van der Waals surface area (Å²) in [6.45, 7) is 0.964. The van der Waals surface area contributed by atoms with Gasteiger partial charge in [-0.05, 0) is 53.7 Å². The third-order valence-corrected chi connectivity index (χ3v) is 8.69. The van der Waals surface area contributed by atoms with Gasteiger partial charge in [0.15, 0.2) is 0 Å². The summed E-state index contributed by atoms with van der Waals surface area (Å²) in [6.07, 6.45) is 13.8. The molecule has 1 aromatic rings. The summed E-state index contributed by atoms with van der Waals surface area (Å²) >= 11 is 2.19. The van der Waals surface area contributed by atoms with Crippen LogP contribution in [-0.2, 0) is 4.74 Å². The van der Waals surface area contributed by atoms with E-state index in [0.29, 0.717) is 29.8 Å². The monoisotopic (exact) mass is 336 g/mol. The van der Waals surface area contributed by atoms with Gasteiger partial charge in [0, 0.05) is 22.8 Å². The number of benzene rings is 1. The zero-order chi connectivity index (χ0) is 15.7. The first kappa shape index (κ1) is 14.2. The van der Waals surface area contributed by atoms with Gasteiger partial charge in [0.1, 0.15) is 0 Å². The van der Waals surface area contributed by atoms with E-state index < -0.39 is 0 Å². The standard InChI is InChI=1S/C22H24OS/c1-2-4-18-16(3-1)15-10-19(22(18)23-11-15)13-5-7-17-14-6-8-21(24-12-14)20(17)9-13/h1-5,7,9,14-16,18-19,21-22H,6,8,10-12H2. The molecule has 24 heavy (non-hydrogen) atoms. The van der Waals surface area contributed by atoms with Crippen molar-refractivity contribution >= 4 is 11.8 Å². The van der Waals surface area contributed by atoms with Crippen LogP contribution in [0.25, 0.3) is 0 Å². The van der Waals surface area contributed by atoms with Crippen molar-refractivity contribution in [2.24, 2.45) is 17.8 Å². The molecular formula is C22H24OS. The molecule has 8 rings (SSSR count). The van der Waals surface area contributed by atoms with Crippen molar-refractivity contribution in [1.29, 1.82) is 0 Å². The smallest absolute Gasteiger partial charge is 0.0712 e. The Morgan fingerprint density at radius 2 is 1.92 bits per heavy atom. The molecule has 1 nitrogen and oxygen atoms in total. The topological polar surface area (TPSA) is 9.23 Å². The number of rotatable bonds is 1. The molecule has 3 saturated heterocycles. The lowest BCUT2D eigenvalue weighted by molar-refractivity contribution is -0.123. The molecule has 2 heteroatoms. The average Bonchev–Trinajstić information content (AvgIpc) is 2.69. The second-order valence-corrected chi connectivity index (χ2v) is 9.55. The average molecular weight is 336 g/mol. The van der Waals surface area contributed by atoms with Gasteiger partial charge in [-0.2, -0.15) is 11.8 Å². The van der Waals surface area contributed by atoms with E-state index in [-0.39, 0.29) is 0 Å². The Morgan fingerprint density at radius 3 is 2.79 bits per heavy atom. The van der Waals surface area contributed by atoms with E-state index in [4.69, 9.17) is 4.74 Å². The van der Waals surface area contributed by atoms with E-state index in [0.717, 1.165) is 17.8 Å². The Balaban J connectivity index is 1.37. The quantitative estimate of drug-likeness (QED) is 0.696. The molecule has 7 atom stereocenters. The van der Waals surface area contributed by atoms with Crippen LogP contribution >= 0.6 is 11.8 Å². The molecule has 3 aliphatic carbocycles. The maximum atomic E-state index is 6.33. The molecular weight excluding hydrogens is 312 g/mol. The maximum absolute atomic E-state index is 6.33. The van der Waals surface area contributed by atoms with Crippen LogP contribution < -0.4 is 0 Å². The Morgan fingerprint density at radius 1 is 1.00 bits per heavy atom. The summed E-state index contributed by atoms with van der Waals surface area (Å²) < 4.78 is 6.33. The van der Waals surface area contributed by atoms with Gasteiger partial charge in [-0.3, -0.25) is 0 Å². The fourth-order valence-electron chi connectivity index (χ4n) is 6.01. The molecule has 7 unspecified atom stereocenters. The molecule has 0 N–H and O–H groups in total. The van der Waals surface area contributed by atoms with Crippen LogP contribution in [0.5, 0.6) is 0 Å². The lowest BCUT2D eigenvalue weighted by Gasteiger charge is -2.51. The van der Waals surface area contributed by atoms with Crippen LogP contribution in [0.3, 0.4) is 0 Å². The predicted molar refractivity (Wildman–Crippen MR) is 99.5 cm³/mol. The summed E-state index contributed by atoms with van der Waals surface area (Å²) in [5.41, 5.74) is 4.88. The van der Waals surface area contributed by atoms with Crippen LogP contribution in [0, 0.1) is 17.8 Å². The third-order valence-electron chi connectivity index (χ3n) is 7.20. The molecule has 0 spiro atoms. The highest BCUT2D eigenvalue weighted by Crippen LogP contribution is 2.55. The second-order valence-electron chi connectivity index (χ2n) is 8.31. The van der Waals surface area contributed by atoms with Gasteiger partial charge >= 0.3 is 0 Å². The first-order valence-electron chi connectivity index (χ1n) is 9.60. The lowest BCUT2D eigenvalue weighted by Crippen LogP contribution is -2.50. The number of hydrogen-bond donors (Lipinski definition) is 0. The molecule has 1 aromatic carbocycles. The summed E-state index contributed by atoms with van der Waals surface area (Å²) in [5.74, 6) is 4.77. The molecule has 7 aliphatic rings. The highest BCUT2D eigenvalue weighted by Gasteiger charge is 2.48. The SMILES string of the molecule is C1=CC2C3COC(C(c4ccc5c(c4)C4CCC5CS4)C3)C2C=C1. The first-order valence-corrected chi connectivity index (χ1v) is 10.7. The van der Waals surface area contributed by atoms with Gasteiger partial charge in [-0.15, -0.1) is 0 Å². The van der Waals surface area contributed by atoms with Gasteiger partial charge in [-0.25, -0.2) is 0 Å². The molecule has 4 aliphatic heterocycles. The Labute approximate surface area is 148 Å². The largest absolute Gasteiger partial charge is 0.377 e. The minimum atomic E-state index is 0.382. The summed E-state index contributed by atoms with van der Waals surface area (Å²) in [6, 6.07) is 7.48. The van der Waals surface area contributed by atoms with Crippen LogP contribution in [0.1, 0.15) is 53.0 Å². The van der Waals surface area contributed by atoms with Crippen molar-refractivity contribution in [1.82, 2.24) is 0 Å². The van der Waals surface area contributed by atoms with Crippen molar-refractivity contribution in [2.45, 2.75) is 42.5 Å². The summed E-state index contributed by atoms with van der Waals surface area (Å²) in [7, 11) is 0. The Kier molecular flexibility index (Phi) is 3.11. The molecule has 124 valence electrons. The van der Waals surface area contributed by atoms with Crippen LogP contribution in [0.4, 0.5) is 0 Å². The first-order chi connectivity index (χ1) is 11.9. The van der Waals surface area contributed by atoms with Gasteiger partial charge < -0.3 is 4.74 Å². The third kappa shape index (κ3) is 1.93. The minimum absolute atomic E-state index is 0.382. The van der Waals surface area contributed by atoms with E-state index in [2.05, 4.69) is 54.3 Å². The van der Waals surface area contributed by atoms with E-state index in [1.807, 2.05) is 0 Å². The molecule has 4 fully saturated rings. The summed E-state index contributed by atoms with van der Waals surface area (Å²) in [4.78, 5) is 0. The van der Waals surface area contributed by atoms with Crippen molar-refractivity contribution in [3.05, 3.63) is 59.2 Å². The minimum Gasteiger partial charge on any atom is -0.377 e. The highest BCUT2D eigenvalue weighted by molar-refractivity contribution is 7.99. The Bertz CT molecular complexity index is 727. The Hall–Kier alpha value is -0.990. The summed E-state index contributed by atoms with van der Waals surface area (Å²) in [5, 5.41) is 0.761. The molecule has 0 amide bonds. The van der Waals surface area contributed by atoms with Gasteiger partial charge in [0.05, 0.1) is 12.7 Å². The van der Waals surface area contributed by atoms with Gasteiger partial charge in [0.25, 0.3) is 0 Å². The number of ether oxygens (including phenoxy) is 1. The number of thioether (sulfide) groups is 1. The normalized spacial score (nSPS) is 44.4. The van der Waals surface area contributed by atoms with E-state index >= 15 is 0 Å².